The number of ether oxygens (including phenoxy) is 1. The first-order valence-corrected chi connectivity index (χ1v) is 5.10. The van der Waals surface area contributed by atoms with E-state index in [0.717, 1.165) is 18.8 Å². The highest BCUT2D eigenvalue weighted by atomic mass is 16.5. The van der Waals surface area contributed by atoms with Crippen molar-refractivity contribution in [2.45, 2.75) is 6.42 Å². The van der Waals surface area contributed by atoms with Crippen molar-refractivity contribution in [3.63, 3.8) is 0 Å². The quantitative estimate of drug-likeness (QED) is 0.701. The van der Waals surface area contributed by atoms with Crippen LogP contribution in [0.4, 0.5) is 0 Å². The molecule has 2 nitrogen and oxygen atoms in total. The van der Waals surface area contributed by atoms with Crippen LogP contribution in [0.25, 0.3) is 11.1 Å². The Morgan fingerprint density at radius 2 is 2.13 bits per heavy atom. The maximum atomic E-state index is 5.54. The largest absolute Gasteiger partial charge is 0.493 e. The third kappa shape index (κ3) is 1.38. The molecule has 0 saturated carbocycles. The Balaban J connectivity index is 2.17. The second-order valence-corrected chi connectivity index (χ2v) is 3.62. The van der Waals surface area contributed by atoms with Crippen LogP contribution in [0.3, 0.4) is 0 Å². The molecule has 0 amide bonds. The number of benzene rings is 1. The first kappa shape index (κ1) is 8.48. The van der Waals surface area contributed by atoms with Gasteiger partial charge < -0.3 is 4.74 Å². The van der Waals surface area contributed by atoms with Gasteiger partial charge in [-0.1, -0.05) is 18.2 Å². The van der Waals surface area contributed by atoms with E-state index in [1.54, 1.807) is 6.20 Å². The fourth-order valence-electron chi connectivity index (χ4n) is 2.01. The number of rotatable bonds is 1. The van der Waals surface area contributed by atoms with Gasteiger partial charge in [-0.15, -0.1) is 0 Å². The topological polar surface area (TPSA) is 22.1 Å². The maximum absolute atomic E-state index is 5.54. The highest BCUT2D eigenvalue weighted by molar-refractivity contribution is 5.70. The molecule has 0 bridgehead atoms. The van der Waals surface area contributed by atoms with Crippen LogP contribution in [0, 0.1) is 0 Å². The number of pyridine rings is 1. The van der Waals surface area contributed by atoms with Crippen LogP contribution in [-0.4, -0.2) is 11.6 Å². The standard InChI is InChI=1S/C13H11NO/c1-4-11(10-3-2-7-14-9-10)12-6-8-15-13(12)5-1/h1-5,7,9H,6,8H2. The molecule has 0 fully saturated rings. The molecule has 0 radical (unpaired) electrons. The molecule has 2 heterocycles. The molecular formula is C13H11NO. The average molecular weight is 197 g/mol. The van der Waals surface area contributed by atoms with Gasteiger partial charge in [0.2, 0.25) is 0 Å². The van der Waals surface area contributed by atoms with Gasteiger partial charge in [-0.3, -0.25) is 4.98 Å². The lowest BCUT2D eigenvalue weighted by atomic mass is 9.99. The van der Waals surface area contributed by atoms with Crippen molar-refractivity contribution >= 4 is 0 Å². The third-order valence-electron chi connectivity index (χ3n) is 2.72. The average Bonchev–Trinajstić information content (AvgIpc) is 2.78. The molecule has 0 unspecified atom stereocenters. The fraction of sp³-hybridized carbons (Fsp3) is 0.154. The summed E-state index contributed by atoms with van der Waals surface area (Å²) in [4.78, 5) is 4.15. The molecule has 1 aliphatic rings. The van der Waals surface area contributed by atoms with Crippen molar-refractivity contribution < 1.29 is 4.74 Å². The van der Waals surface area contributed by atoms with Crippen LogP contribution in [-0.2, 0) is 6.42 Å². The summed E-state index contributed by atoms with van der Waals surface area (Å²) in [7, 11) is 0. The Kier molecular flexibility index (Phi) is 1.91. The van der Waals surface area contributed by atoms with Crippen molar-refractivity contribution in [1.29, 1.82) is 0 Å². The van der Waals surface area contributed by atoms with Gasteiger partial charge in [-0.05, 0) is 17.7 Å². The monoisotopic (exact) mass is 197 g/mol. The fourth-order valence-corrected chi connectivity index (χ4v) is 2.01. The molecular weight excluding hydrogens is 186 g/mol. The van der Waals surface area contributed by atoms with Crippen molar-refractivity contribution in [2.75, 3.05) is 6.61 Å². The summed E-state index contributed by atoms with van der Waals surface area (Å²) in [6.07, 6.45) is 4.69. The molecule has 0 aliphatic carbocycles. The van der Waals surface area contributed by atoms with Crippen molar-refractivity contribution in [3.8, 4) is 16.9 Å². The van der Waals surface area contributed by atoms with Crippen LogP contribution in [0.2, 0.25) is 0 Å². The smallest absolute Gasteiger partial charge is 0.123 e. The Hall–Kier alpha value is -1.83. The van der Waals surface area contributed by atoms with Crippen LogP contribution >= 0.6 is 0 Å². The zero-order valence-electron chi connectivity index (χ0n) is 8.31. The van der Waals surface area contributed by atoms with E-state index in [4.69, 9.17) is 4.74 Å². The number of aromatic nitrogens is 1. The second kappa shape index (κ2) is 3.39. The lowest BCUT2D eigenvalue weighted by Crippen LogP contribution is -1.87. The van der Waals surface area contributed by atoms with Crippen molar-refractivity contribution in [1.82, 2.24) is 4.98 Å². The minimum absolute atomic E-state index is 0.798. The lowest BCUT2D eigenvalue weighted by molar-refractivity contribution is 0.357. The summed E-state index contributed by atoms with van der Waals surface area (Å²) in [5.74, 6) is 1.02. The van der Waals surface area contributed by atoms with E-state index < -0.39 is 0 Å². The summed E-state index contributed by atoms with van der Waals surface area (Å²) < 4.78 is 5.54. The van der Waals surface area contributed by atoms with E-state index in [-0.39, 0.29) is 0 Å². The van der Waals surface area contributed by atoms with E-state index in [9.17, 15) is 0 Å². The summed E-state index contributed by atoms with van der Waals surface area (Å²) in [6, 6.07) is 10.2. The molecule has 2 aromatic rings. The zero-order valence-corrected chi connectivity index (χ0v) is 8.31. The first-order valence-electron chi connectivity index (χ1n) is 5.10. The summed E-state index contributed by atoms with van der Waals surface area (Å²) in [5, 5.41) is 0. The number of nitrogens with zero attached hydrogens (tertiary/aromatic N) is 1. The Morgan fingerprint density at radius 1 is 1.13 bits per heavy atom. The molecule has 74 valence electrons. The first-order chi connectivity index (χ1) is 7.45. The molecule has 1 aromatic heterocycles. The third-order valence-corrected chi connectivity index (χ3v) is 2.72. The highest BCUT2D eigenvalue weighted by Gasteiger charge is 2.16. The predicted molar refractivity (Wildman–Crippen MR) is 58.9 cm³/mol. The molecule has 15 heavy (non-hydrogen) atoms. The number of fused-ring (bicyclic) bond motifs is 1. The Morgan fingerprint density at radius 3 is 3.00 bits per heavy atom. The van der Waals surface area contributed by atoms with Gasteiger partial charge in [0, 0.05) is 29.9 Å². The zero-order chi connectivity index (χ0) is 10.1. The van der Waals surface area contributed by atoms with E-state index in [1.165, 1.54) is 16.7 Å². The van der Waals surface area contributed by atoms with Crippen molar-refractivity contribution in [3.05, 3.63) is 48.3 Å². The van der Waals surface area contributed by atoms with E-state index in [2.05, 4.69) is 17.1 Å². The number of hydrogen-bond donors (Lipinski definition) is 0. The Labute approximate surface area is 88.5 Å². The van der Waals surface area contributed by atoms with E-state index in [1.807, 2.05) is 24.4 Å². The number of hydrogen-bond acceptors (Lipinski definition) is 2. The summed E-state index contributed by atoms with van der Waals surface area (Å²) in [5.41, 5.74) is 3.73. The maximum Gasteiger partial charge on any atom is 0.123 e. The van der Waals surface area contributed by atoms with Crippen molar-refractivity contribution in [2.24, 2.45) is 0 Å². The van der Waals surface area contributed by atoms with Gasteiger partial charge in [0.1, 0.15) is 5.75 Å². The van der Waals surface area contributed by atoms with Gasteiger partial charge in [0.25, 0.3) is 0 Å². The van der Waals surface area contributed by atoms with Crippen LogP contribution in [0.5, 0.6) is 5.75 Å². The molecule has 2 heteroatoms. The van der Waals surface area contributed by atoms with Crippen LogP contribution in [0.1, 0.15) is 5.56 Å². The molecule has 0 saturated heterocycles. The van der Waals surface area contributed by atoms with Gasteiger partial charge in [0.05, 0.1) is 6.61 Å². The second-order valence-electron chi connectivity index (χ2n) is 3.62. The molecule has 1 aromatic carbocycles. The summed E-state index contributed by atoms with van der Waals surface area (Å²) in [6.45, 7) is 0.798. The van der Waals surface area contributed by atoms with Gasteiger partial charge in [0.15, 0.2) is 0 Å². The summed E-state index contributed by atoms with van der Waals surface area (Å²) >= 11 is 0. The molecule has 1 aliphatic heterocycles. The predicted octanol–water partition coefficient (Wildman–Crippen LogP) is 2.68. The van der Waals surface area contributed by atoms with Gasteiger partial charge in [-0.2, -0.15) is 0 Å². The van der Waals surface area contributed by atoms with Crippen LogP contribution < -0.4 is 4.74 Å². The Bertz CT molecular complexity index is 479. The van der Waals surface area contributed by atoms with E-state index in [0.29, 0.717) is 0 Å². The van der Waals surface area contributed by atoms with Gasteiger partial charge in [-0.25, -0.2) is 0 Å². The minimum Gasteiger partial charge on any atom is -0.493 e. The molecule has 3 rings (SSSR count). The van der Waals surface area contributed by atoms with Crippen LogP contribution in [0.15, 0.2) is 42.7 Å². The normalized spacial score (nSPS) is 13.3. The molecule has 0 atom stereocenters. The minimum atomic E-state index is 0.798. The van der Waals surface area contributed by atoms with E-state index >= 15 is 0 Å². The van der Waals surface area contributed by atoms with Gasteiger partial charge >= 0.3 is 0 Å². The molecule has 0 spiro atoms. The highest BCUT2D eigenvalue weighted by Crippen LogP contribution is 2.33. The molecule has 0 N–H and O–H groups in total. The SMILES string of the molecule is c1cncc(-c2cccc3c2CCO3)c1. The lowest BCUT2D eigenvalue weighted by Gasteiger charge is -2.05.